The number of hydrogen-bond donors (Lipinski definition) is 2. The fourth-order valence-corrected chi connectivity index (χ4v) is 2.09. The number of ether oxygens (including phenoxy) is 2. The molecule has 1 aliphatic heterocycles. The molecule has 0 bridgehead atoms. The summed E-state index contributed by atoms with van der Waals surface area (Å²) in [6.45, 7) is 0.800. The van der Waals surface area contributed by atoms with Gasteiger partial charge in [0.05, 0.1) is 13.7 Å². The molecule has 1 aliphatic rings. The zero-order chi connectivity index (χ0) is 13.0. The van der Waals surface area contributed by atoms with Crippen LogP contribution in [0, 0.1) is 0 Å². The van der Waals surface area contributed by atoms with Gasteiger partial charge >= 0.3 is 5.97 Å². The van der Waals surface area contributed by atoms with E-state index in [9.17, 15) is 9.90 Å². The highest BCUT2D eigenvalue weighted by Gasteiger charge is 2.40. The molecule has 1 heterocycles. The first kappa shape index (κ1) is 12.7. The summed E-state index contributed by atoms with van der Waals surface area (Å²) in [4.78, 5) is 11.5. The maximum atomic E-state index is 11.5. The number of anilines is 1. The Morgan fingerprint density at radius 3 is 3.00 bits per heavy atom. The van der Waals surface area contributed by atoms with Crippen molar-refractivity contribution in [3.8, 4) is 5.75 Å². The number of carbonyl (C=O) groups is 1. The number of methoxy groups -OCH3 is 1. The van der Waals surface area contributed by atoms with Crippen LogP contribution in [0.2, 0.25) is 0 Å². The third-order valence-corrected chi connectivity index (χ3v) is 3.10. The van der Waals surface area contributed by atoms with Gasteiger partial charge in [-0.2, -0.15) is 0 Å². The lowest BCUT2D eigenvalue weighted by atomic mass is 9.92. The van der Waals surface area contributed by atoms with Crippen molar-refractivity contribution in [3.05, 3.63) is 24.3 Å². The summed E-state index contributed by atoms with van der Waals surface area (Å²) in [5.74, 6) is -0.192. The first-order valence-corrected chi connectivity index (χ1v) is 5.90. The summed E-state index contributed by atoms with van der Waals surface area (Å²) in [7, 11) is 1.58. The summed E-state index contributed by atoms with van der Waals surface area (Å²) >= 11 is 0. The average molecular weight is 251 g/mol. The van der Waals surface area contributed by atoms with E-state index in [4.69, 9.17) is 9.47 Å². The lowest BCUT2D eigenvalue weighted by Gasteiger charge is -2.34. The second kappa shape index (κ2) is 5.27. The lowest BCUT2D eigenvalue weighted by molar-refractivity contribution is -0.146. The van der Waals surface area contributed by atoms with E-state index in [1.807, 2.05) is 18.2 Å². The first-order chi connectivity index (χ1) is 8.66. The van der Waals surface area contributed by atoms with E-state index < -0.39 is 11.5 Å². The first-order valence-electron chi connectivity index (χ1n) is 5.90. The Kier molecular flexibility index (Phi) is 3.72. The smallest absolute Gasteiger partial charge is 0.331 e. The highest BCUT2D eigenvalue weighted by atomic mass is 16.5. The molecule has 18 heavy (non-hydrogen) atoms. The molecular formula is C13H17NO4. The van der Waals surface area contributed by atoms with E-state index in [1.165, 1.54) is 0 Å². The summed E-state index contributed by atoms with van der Waals surface area (Å²) in [6.07, 6.45) is 1.29. The van der Waals surface area contributed by atoms with Gasteiger partial charge in [0.15, 0.2) is 5.54 Å². The van der Waals surface area contributed by atoms with Crippen molar-refractivity contribution in [2.24, 2.45) is 0 Å². The van der Waals surface area contributed by atoms with Gasteiger partial charge in [-0.3, -0.25) is 0 Å². The van der Waals surface area contributed by atoms with Crippen molar-refractivity contribution >= 4 is 11.7 Å². The zero-order valence-electron chi connectivity index (χ0n) is 10.3. The predicted octanol–water partition coefficient (Wildman–Crippen LogP) is 1.74. The predicted molar refractivity (Wildman–Crippen MR) is 67.0 cm³/mol. The number of aliphatic carboxylic acids is 1. The Balaban J connectivity index is 2.20. The average Bonchev–Trinajstić information content (AvgIpc) is 2.40. The molecule has 0 saturated carbocycles. The van der Waals surface area contributed by atoms with E-state index in [1.54, 1.807) is 13.2 Å². The van der Waals surface area contributed by atoms with E-state index in [0.717, 1.165) is 12.1 Å². The van der Waals surface area contributed by atoms with Gasteiger partial charge in [-0.15, -0.1) is 0 Å². The van der Waals surface area contributed by atoms with Gasteiger partial charge in [-0.1, -0.05) is 6.07 Å². The van der Waals surface area contributed by atoms with Crippen LogP contribution < -0.4 is 10.1 Å². The van der Waals surface area contributed by atoms with Gasteiger partial charge in [-0.25, -0.2) is 4.79 Å². The second-order valence-electron chi connectivity index (χ2n) is 4.40. The van der Waals surface area contributed by atoms with Crippen molar-refractivity contribution in [2.75, 3.05) is 25.6 Å². The Labute approximate surface area is 106 Å². The largest absolute Gasteiger partial charge is 0.497 e. The van der Waals surface area contributed by atoms with Gasteiger partial charge < -0.3 is 19.9 Å². The molecule has 1 fully saturated rings. The summed E-state index contributed by atoms with van der Waals surface area (Å²) in [6, 6.07) is 7.23. The monoisotopic (exact) mass is 251 g/mol. The van der Waals surface area contributed by atoms with Gasteiger partial charge in [0.2, 0.25) is 0 Å². The Bertz CT molecular complexity index is 427. The number of nitrogens with one attached hydrogen (secondary N) is 1. The summed E-state index contributed by atoms with van der Waals surface area (Å²) in [5.41, 5.74) is -0.313. The molecule has 0 amide bonds. The molecule has 1 aromatic rings. The fourth-order valence-electron chi connectivity index (χ4n) is 2.09. The van der Waals surface area contributed by atoms with Gasteiger partial charge in [0.1, 0.15) is 5.75 Å². The molecule has 1 aromatic carbocycles. The second-order valence-corrected chi connectivity index (χ2v) is 4.40. The maximum Gasteiger partial charge on any atom is 0.331 e. The van der Waals surface area contributed by atoms with Gasteiger partial charge in [0.25, 0.3) is 0 Å². The Hall–Kier alpha value is -1.75. The standard InChI is InChI=1S/C13H17NO4/c1-17-11-5-2-4-10(8-11)14-13(12(15)16)6-3-7-18-9-13/h2,4-5,8,14H,3,6-7,9H2,1H3,(H,15,16). The van der Waals surface area contributed by atoms with Crippen LogP contribution in [0.5, 0.6) is 5.75 Å². The zero-order valence-corrected chi connectivity index (χ0v) is 10.3. The van der Waals surface area contributed by atoms with E-state index in [2.05, 4.69) is 5.32 Å². The molecule has 0 aromatic heterocycles. The van der Waals surface area contributed by atoms with Crippen LogP contribution in [0.4, 0.5) is 5.69 Å². The molecule has 0 radical (unpaired) electrons. The van der Waals surface area contributed by atoms with Crippen LogP contribution >= 0.6 is 0 Å². The topological polar surface area (TPSA) is 67.8 Å². The maximum absolute atomic E-state index is 11.5. The van der Waals surface area contributed by atoms with Crippen LogP contribution in [0.3, 0.4) is 0 Å². The highest BCUT2D eigenvalue weighted by Crippen LogP contribution is 2.26. The minimum atomic E-state index is -1.04. The number of hydrogen-bond acceptors (Lipinski definition) is 4. The molecule has 0 aliphatic carbocycles. The quantitative estimate of drug-likeness (QED) is 0.853. The summed E-state index contributed by atoms with van der Waals surface area (Å²) in [5, 5.41) is 12.5. The van der Waals surface area contributed by atoms with Crippen molar-refractivity contribution in [1.29, 1.82) is 0 Å². The third kappa shape index (κ3) is 2.56. The molecule has 5 heteroatoms. The van der Waals surface area contributed by atoms with E-state index in [-0.39, 0.29) is 6.61 Å². The minimum Gasteiger partial charge on any atom is -0.497 e. The highest BCUT2D eigenvalue weighted by molar-refractivity contribution is 5.83. The third-order valence-electron chi connectivity index (χ3n) is 3.10. The van der Waals surface area contributed by atoms with Crippen LogP contribution in [0.25, 0.3) is 0 Å². The molecule has 1 atom stereocenters. The molecule has 98 valence electrons. The molecule has 1 saturated heterocycles. The van der Waals surface area contributed by atoms with Crippen molar-refractivity contribution < 1.29 is 19.4 Å². The fraction of sp³-hybridized carbons (Fsp3) is 0.462. The van der Waals surface area contributed by atoms with E-state index >= 15 is 0 Å². The van der Waals surface area contributed by atoms with Crippen LogP contribution in [-0.2, 0) is 9.53 Å². The molecule has 0 spiro atoms. The lowest BCUT2D eigenvalue weighted by Crippen LogP contribution is -2.52. The van der Waals surface area contributed by atoms with Gasteiger partial charge in [-0.05, 0) is 25.0 Å². The Morgan fingerprint density at radius 1 is 1.56 bits per heavy atom. The number of carboxylic acids is 1. The number of benzene rings is 1. The molecular weight excluding hydrogens is 234 g/mol. The Morgan fingerprint density at radius 2 is 2.39 bits per heavy atom. The minimum absolute atomic E-state index is 0.180. The SMILES string of the molecule is COc1cccc(NC2(C(=O)O)CCCOC2)c1. The summed E-state index contributed by atoms with van der Waals surface area (Å²) < 4.78 is 10.4. The van der Waals surface area contributed by atoms with Gasteiger partial charge in [0, 0.05) is 18.4 Å². The van der Waals surface area contributed by atoms with Crippen LogP contribution in [-0.4, -0.2) is 36.9 Å². The molecule has 5 nitrogen and oxygen atoms in total. The van der Waals surface area contributed by atoms with E-state index in [0.29, 0.717) is 18.8 Å². The number of rotatable bonds is 4. The van der Waals surface area contributed by atoms with Crippen molar-refractivity contribution in [1.82, 2.24) is 0 Å². The molecule has 1 unspecified atom stereocenters. The van der Waals surface area contributed by atoms with Crippen molar-refractivity contribution in [2.45, 2.75) is 18.4 Å². The van der Waals surface area contributed by atoms with Crippen LogP contribution in [0.15, 0.2) is 24.3 Å². The molecule has 2 rings (SSSR count). The van der Waals surface area contributed by atoms with Crippen LogP contribution in [0.1, 0.15) is 12.8 Å². The number of carboxylic acid groups (broad SMARTS) is 1. The normalized spacial score (nSPS) is 23.4. The molecule has 2 N–H and O–H groups in total. The van der Waals surface area contributed by atoms with Crippen molar-refractivity contribution in [3.63, 3.8) is 0 Å².